The Hall–Kier alpha value is -0.760. The van der Waals surface area contributed by atoms with Crippen molar-refractivity contribution in [3.05, 3.63) is 24.2 Å². The van der Waals surface area contributed by atoms with E-state index >= 15 is 0 Å². The number of hydrogen-bond acceptors (Lipinski definition) is 2. The minimum atomic E-state index is 0.625. The lowest BCUT2D eigenvalue weighted by Crippen LogP contribution is -2.01. The number of rotatable bonds is 2. The SMILES string of the molecule is NC[C@H]1C[C@H]1c1ccco1. The van der Waals surface area contributed by atoms with E-state index in [0.29, 0.717) is 11.8 Å². The molecule has 1 fully saturated rings. The predicted octanol–water partition coefficient (Wildman–Crippen LogP) is 1.34. The summed E-state index contributed by atoms with van der Waals surface area (Å²) in [6.45, 7) is 0.797. The molecule has 0 saturated heterocycles. The van der Waals surface area contributed by atoms with Gasteiger partial charge in [-0.05, 0) is 31.0 Å². The Bertz CT molecular complexity index is 205. The molecule has 0 amide bonds. The van der Waals surface area contributed by atoms with Gasteiger partial charge in [0.15, 0.2) is 0 Å². The summed E-state index contributed by atoms with van der Waals surface area (Å²) < 4.78 is 5.23. The van der Waals surface area contributed by atoms with Gasteiger partial charge in [0.05, 0.1) is 6.26 Å². The second-order valence-electron chi connectivity index (χ2n) is 2.85. The van der Waals surface area contributed by atoms with E-state index in [9.17, 15) is 0 Å². The van der Waals surface area contributed by atoms with Crippen LogP contribution < -0.4 is 5.73 Å². The van der Waals surface area contributed by atoms with Gasteiger partial charge in [0.2, 0.25) is 0 Å². The van der Waals surface area contributed by atoms with Crippen LogP contribution in [0.15, 0.2) is 22.8 Å². The van der Waals surface area contributed by atoms with Crippen LogP contribution in [0.1, 0.15) is 18.1 Å². The van der Waals surface area contributed by atoms with E-state index in [1.54, 1.807) is 6.26 Å². The van der Waals surface area contributed by atoms with Crippen molar-refractivity contribution < 1.29 is 4.42 Å². The molecule has 1 aliphatic rings. The van der Waals surface area contributed by atoms with Crippen molar-refractivity contribution in [3.63, 3.8) is 0 Å². The second kappa shape index (κ2) is 2.13. The number of hydrogen-bond donors (Lipinski definition) is 1. The first kappa shape index (κ1) is 5.98. The molecule has 0 aliphatic heterocycles. The molecule has 2 nitrogen and oxygen atoms in total. The minimum absolute atomic E-state index is 0.625. The molecule has 54 valence electrons. The molecule has 2 heteroatoms. The normalized spacial score (nSPS) is 30.5. The van der Waals surface area contributed by atoms with Gasteiger partial charge in [0.25, 0.3) is 0 Å². The molecule has 1 aromatic rings. The summed E-state index contributed by atoms with van der Waals surface area (Å²) in [4.78, 5) is 0. The molecule has 0 bridgehead atoms. The molecule has 0 unspecified atom stereocenters. The lowest BCUT2D eigenvalue weighted by atomic mass is 10.2. The van der Waals surface area contributed by atoms with Gasteiger partial charge >= 0.3 is 0 Å². The zero-order valence-corrected chi connectivity index (χ0v) is 5.79. The largest absolute Gasteiger partial charge is 0.469 e. The van der Waals surface area contributed by atoms with E-state index in [4.69, 9.17) is 10.2 Å². The maximum atomic E-state index is 5.49. The zero-order chi connectivity index (χ0) is 6.97. The van der Waals surface area contributed by atoms with Crippen molar-refractivity contribution in [1.82, 2.24) is 0 Å². The third kappa shape index (κ3) is 0.847. The van der Waals surface area contributed by atoms with Gasteiger partial charge in [-0.25, -0.2) is 0 Å². The highest BCUT2D eigenvalue weighted by Gasteiger charge is 2.38. The van der Waals surface area contributed by atoms with Gasteiger partial charge in [0.1, 0.15) is 5.76 Å². The highest BCUT2D eigenvalue weighted by atomic mass is 16.3. The van der Waals surface area contributed by atoms with Crippen LogP contribution in [0.5, 0.6) is 0 Å². The average molecular weight is 137 g/mol. The first-order valence-electron chi connectivity index (χ1n) is 3.65. The third-order valence-electron chi connectivity index (χ3n) is 2.13. The van der Waals surface area contributed by atoms with Crippen LogP contribution in [-0.4, -0.2) is 6.54 Å². The molecule has 0 spiro atoms. The van der Waals surface area contributed by atoms with Gasteiger partial charge in [-0.2, -0.15) is 0 Å². The maximum absolute atomic E-state index is 5.49. The Morgan fingerprint density at radius 3 is 3.10 bits per heavy atom. The minimum Gasteiger partial charge on any atom is -0.469 e. The van der Waals surface area contributed by atoms with Crippen molar-refractivity contribution >= 4 is 0 Å². The van der Waals surface area contributed by atoms with Crippen LogP contribution in [0.2, 0.25) is 0 Å². The fourth-order valence-corrected chi connectivity index (χ4v) is 1.36. The first-order chi connectivity index (χ1) is 4.92. The molecule has 0 radical (unpaired) electrons. The van der Waals surface area contributed by atoms with Crippen molar-refractivity contribution in [2.75, 3.05) is 6.54 Å². The summed E-state index contributed by atoms with van der Waals surface area (Å²) in [6, 6.07) is 3.96. The van der Waals surface area contributed by atoms with E-state index in [2.05, 4.69) is 0 Å². The summed E-state index contributed by atoms with van der Waals surface area (Å²) in [5.41, 5.74) is 5.49. The molecule has 1 aromatic heterocycles. The van der Waals surface area contributed by atoms with Gasteiger partial charge in [-0.3, -0.25) is 0 Å². The van der Waals surface area contributed by atoms with E-state index < -0.39 is 0 Å². The van der Waals surface area contributed by atoms with Crippen molar-refractivity contribution in [2.24, 2.45) is 11.7 Å². The zero-order valence-electron chi connectivity index (χ0n) is 5.79. The topological polar surface area (TPSA) is 39.2 Å². The van der Waals surface area contributed by atoms with E-state index in [1.165, 1.54) is 6.42 Å². The standard InChI is InChI=1S/C8H11NO/c9-5-6-4-7(6)8-2-1-3-10-8/h1-3,6-7H,4-5,9H2/t6-,7-/m1/s1. The van der Waals surface area contributed by atoms with Crippen molar-refractivity contribution in [3.8, 4) is 0 Å². The summed E-state index contributed by atoms with van der Waals surface area (Å²) >= 11 is 0. The highest BCUT2D eigenvalue weighted by Crippen LogP contribution is 2.46. The molecule has 10 heavy (non-hydrogen) atoms. The second-order valence-corrected chi connectivity index (χ2v) is 2.85. The molecule has 2 N–H and O–H groups in total. The van der Waals surface area contributed by atoms with E-state index in [0.717, 1.165) is 12.3 Å². The summed E-state index contributed by atoms with van der Waals surface area (Å²) in [7, 11) is 0. The Balaban J connectivity index is 2.05. The van der Waals surface area contributed by atoms with Crippen LogP contribution in [0, 0.1) is 5.92 Å². The molecular formula is C8H11NO. The highest BCUT2D eigenvalue weighted by molar-refractivity contribution is 5.15. The summed E-state index contributed by atoms with van der Waals surface area (Å²) in [6.07, 6.45) is 2.94. The fraction of sp³-hybridized carbons (Fsp3) is 0.500. The quantitative estimate of drug-likeness (QED) is 0.668. The molecule has 1 heterocycles. The van der Waals surface area contributed by atoms with E-state index in [1.807, 2.05) is 12.1 Å². The molecular weight excluding hydrogens is 126 g/mol. The Morgan fingerprint density at radius 1 is 1.70 bits per heavy atom. The van der Waals surface area contributed by atoms with Crippen LogP contribution in [0.25, 0.3) is 0 Å². The lowest BCUT2D eigenvalue weighted by molar-refractivity contribution is 0.503. The van der Waals surface area contributed by atoms with Gasteiger partial charge in [0, 0.05) is 5.92 Å². The van der Waals surface area contributed by atoms with Crippen LogP contribution in [0.3, 0.4) is 0 Å². The summed E-state index contributed by atoms with van der Waals surface area (Å²) in [5, 5.41) is 0. The van der Waals surface area contributed by atoms with Gasteiger partial charge < -0.3 is 10.2 Å². The van der Waals surface area contributed by atoms with Crippen LogP contribution >= 0.6 is 0 Å². The van der Waals surface area contributed by atoms with E-state index in [-0.39, 0.29) is 0 Å². The monoisotopic (exact) mass is 137 g/mol. The Labute approximate surface area is 60.0 Å². The third-order valence-corrected chi connectivity index (χ3v) is 2.13. The van der Waals surface area contributed by atoms with Crippen LogP contribution in [-0.2, 0) is 0 Å². The van der Waals surface area contributed by atoms with Crippen molar-refractivity contribution in [1.29, 1.82) is 0 Å². The molecule has 2 rings (SSSR count). The molecule has 1 saturated carbocycles. The number of nitrogens with two attached hydrogens (primary N) is 1. The number of furan rings is 1. The Kier molecular flexibility index (Phi) is 1.27. The van der Waals surface area contributed by atoms with Crippen LogP contribution in [0.4, 0.5) is 0 Å². The lowest BCUT2D eigenvalue weighted by Gasteiger charge is -1.89. The average Bonchev–Trinajstić information content (AvgIpc) is 2.56. The Morgan fingerprint density at radius 2 is 2.60 bits per heavy atom. The molecule has 0 aromatic carbocycles. The predicted molar refractivity (Wildman–Crippen MR) is 38.6 cm³/mol. The smallest absolute Gasteiger partial charge is 0.107 e. The van der Waals surface area contributed by atoms with Gasteiger partial charge in [-0.15, -0.1) is 0 Å². The summed E-state index contributed by atoms with van der Waals surface area (Å²) in [5.74, 6) is 2.42. The first-order valence-corrected chi connectivity index (χ1v) is 3.65. The molecule has 2 atom stereocenters. The van der Waals surface area contributed by atoms with Crippen molar-refractivity contribution in [2.45, 2.75) is 12.3 Å². The fourth-order valence-electron chi connectivity index (χ4n) is 1.36. The molecule has 1 aliphatic carbocycles. The van der Waals surface area contributed by atoms with Gasteiger partial charge in [-0.1, -0.05) is 0 Å². The maximum Gasteiger partial charge on any atom is 0.107 e.